The summed E-state index contributed by atoms with van der Waals surface area (Å²) < 4.78 is 14.0. The molecule has 0 saturated carbocycles. The van der Waals surface area contributed by atoms with E-state index in [-0.39, 0.29) is 5.82 Å². The highest BCUT2D eigenvalue weighted by molar-refractivity contribution is 5.55. The number of benzene rings is 1. The van der Waals surface area contributed by atoms with Gasteiger partial charge in [0.05, 0.1) is 0 Å². The van der Waals surface area contributed by atoms with Crippen molar-refractivity contribution in [2.75, 3.05) is 39.1 Å². The predicted octanol–water partition coefficient (Wildman–Crippen LogP) is 1.93. The van der Waals surface area contributed by atoms with Crippen molar-refractivity contribution in [2.45, 2.75) is 19.5 Å². The summed E-state index contributed by atoms with van der Waals surface area (Å²) in [5.41, 5.74) is 1.81. The van der Waals surface area contributed by atoms with Crippen LogP contribution in [0.5, 0.6) is 0 Å². The summed E-state index contributed by atoms with van der Waals surface area (Å²) in [4.78, 5) is 4.58. The van der Waals surface area contributed by atoms with Crippen molar-refractivity contribution >= 4 is 5.69 Å². The quantitative estimate of drug-likeness (QED) is 0.897. The maximum Gasteiger partial charge on any atom is 0.129 e. The van der Waals surface area contributed by atoms with Crippen LogP contribution in [0.25, 0.3) is 0 Å². The smallest absolute Gasteiger partial charge is 0.129 e. The van der Waals surface area contributed by atoms with Crippen LogP contribution in [-0.2, 0) is 6.54 Å². The van der Waals surface area contributed by atoms with Crippen molar-refractivity contribution in [2.24, 2.45) is 5.92 Å². The van der Waals surface area contributed by atoms with Crippen LogP contribution >= 0.6 is 0 Å². The van der Waals surface area contributed by atoms with Crippen molar-refractivity contribution in [1.29, 1.82) is 0 Å². The van der Waals surface area contributed by atoms with E-state index in [4.69, 9.17) is 0 Å². The van der Waals surface area contributed by atoms with Crippen LogP contribution in [0.3, 0.4) is 0 Å². The molecule has 0 bridgehead atoms. The van der Waals surface area contributed by atoms with E-state index in [0.29, 0.717) is 18.5 Å². The maximum absolute atomic E-state index is 14.0. The van der Waals surface area contributed by atoms with Gasteiger partial charge in [-0.3, -0.25) is 0 Å². The molecule has 0 aromatic heterocycles. The van der Waals surface area contributed by atoms with E-state index >= 15 is 0 Å². The van der Waals surface area contributed by atoms with E-state index in [1.165, 1.54) is 0 Å². The molecule has 2 unspecified atom stereocenters. The Morgan fingerprint density at radius 2 is 2.11 bits per heavy atom. The second-order valence-electron chi connectivity index (χ2n) is 5.68. The van der Waals surface area contributed by atoms with Crippen LogP contribution in [0.15, 0.2) is 18.2 Å². The van der Waals surface area contributed by atoms with Crippen molar-refractivity contribution < 1.29 is 4.39 Å². The first-order valence-electron chi connectivity index (χ1n) is 6.88. The third kappa shape index (κ3) is 2.90. The van der Waals surface area contributed by atoms with Crippen LogP contribution in [0.2, 0.25) is 0 Å². The van der Waals surface area contributed by atoms with Gasteiger partial charge in [0.25, 0.3) is 0 Å². The van der Waals surface area contributed by atoms with Crippen LogP contribution in [-0.4, -0.2) is 45.2 Å². The summed E-state index contributed by atoms with van der Waals surface area (Å²) in [6.45, 7) is 4.79. The fourth-order valence-electron chi connectivity index (χ4n) is 3.01. The van der Waals surface area contributed by atoms with Gasteiger partial charge in [0.1, 0.15) is 5.82 Å². The SMILES string of the molecule is CNCc1c(F)cccc1N1CC(C)C(N(C)C)C1. The molecular weight excluding hydrogens is 241 g/mol. The Labute approximate surface area is 115 Å². The summed E-state index contributed by atoms with van der Waals surface area (Å²) in [7, 11) is 6.08. The van der Waals surface area contributed by atoms with Gasteiger partial charge < -0.3 is 15.1 Å². The predicted molar refractivity (Wildman–Crippen MR) is 78.0 cm³/mol. The van der Waals surface area contributed by atoms with Crippen LogP contribution in [0.1, 0.15) is 12.5 Å². The Bertz CT molecular complexity index is 433. The van der Waals surface area contributed by atoms with Gasteiger partial charge in [-0.15, -0.1) is 0 Å². The molecule has 2 atom stereocenters. The minimum Gasteiger partial charge on any atom is -0.369 e. The van der Waals surface area contributed by atoms with E-state index in [1.807, 2.05) is 13.1 Å². The summed E-state index contributed by atoms with van der Waals surface area (Å²) in [5, 5.41) is 3.06. The highest BCUT2D eigenvalue weighted by Crippen LogP contribution is 2.30. The molecule has 1 saturated heterocycles. The number of nitrogens with zero attached hydrogens (tertiary/aromatic N) is 2. The van der Waals surface area contributed by atoms with Gasteiger partial charge in [-0.25, -0.2) is 4.39 Å². The normalized spacial score (nSPS) is 23.4. The summed E-state index contributed by atoms with van der Waals surface area (Å²) in [6, 6.07) is 5.91. The number of anilines is 1. The van der Waals surface area contributed by atoms with Crippen molar-refractivity contribution in [3.8, 4) is 0 Å². The standard InChI is InChI=1S/C15H24FN3/c1-11-9-19(10-15(11)18(3)4)14-7-5-6-13(16)12(14)8-17-2/h5-7,11,15,17H,8-10H2,1-4H3. The van der Waals surface area contributed by atoms with Gasteiger partial charge in [-0.2, -0.15) is 0 Å². The molecule has 4 heteroatoms. The maximum atomic E-state index is 14.0. The summed E-state index contributed by atoms with van der Waals surface area (Å²) >= 11 is 0. The third-order valence-corrected chi connectivity index (χ3v) is 4.02. The van der Waals surface area contributed by atoms with Crippen LogP contribution < -0.4 is 10.2 Å². The van der Waals surface area contributed by atoms with Crippen LogP contribution in [0.4, 0.5) is 10.1 Å². The Hall–Kier alpha value is -1.13. The molecule has 1 N–H and O–H groups in total. The summed E-state index contributed by atoms with van der Waals surface area (Å²) in [5.74, 6) is 0.480. The lowest BCUT2D eigenvalue weighted by molar-refractivity contribution is 0.266. The van der Waals surface area contributed by atoms with Gasteiger partial charge in [-0.05, 0) is 39.2 Å². The molecule has 0 radical (unpaired) electrons. The highest BCUT2D eigenvalue weighted by Gasteiger charge is 2.32. The van der Waals surface area contributed by atoms with Gasteiger partial charge >= 0.3 is 0 Å². The van der Waals surface area contributed by atoms with Crippen molar-refractivity contribution in [3.63, 3.8) is 0 Å². The first-order chi connectivity index (χ1) is 9.04. The highest BCUT2D eigenvalue weighted by atomic mass is 19.1. The number of halogens is 1. The fraction of sp³-hybridized carbons (Fsp3) is 0.600. The van der Waals surface area contributed by atoms with Gasteiger partial charge in [0.2, 0.25) is 0 Å². The molecule has 1 heterocycles. The van der Waals surface area contributed by atoms with E-state index < -0.39 is 0 Å². The zero-order chi connectivity index (χ0) is 14.0. The largest absolute Gasteiger partial charge is 0.369 e. The topological polar surface area (TPSA) is 18.5 Å². The fourth-order valence-corrected chi connectivity index (χ4v) is 3.01. The lowest BCUT2D eigenvalue weighted by atomic mass is 10.1. The zero-order valence-electron chi connectivity index (χ0n) is 12.3. The van der Waals surface area contributed by atoms with E-state index in [9.17, 15) is 4.39 Å². The molecule has 0 spiro atoms. The van der Waals surface area contributed by atoms with Crippen LogP contribution in [0, 0.1) is 11.7 Å². The second kappa shape index (κ2) is 5.88. The lowest BCUT2D eigenvalue weighted by Gasteiger charge is -2.24. The van der Waals surface area contributed by atoms with Gasteiger partial charge in [0, 0.05) is 36.9 Å². The average molecular weight is 265 g/mol. The zero-order valence-corrected chi connectivity index (χ0v) is 12.3. The monoisotopic (exact) mass is 265 g/mol. The minimum atomic E-state index is -0.118. The molecule has 2 rings (SSSR count). The first-order valence-corrected chi connectivity index (χ1v) is 6.88. The van der Waals surface area contributed by atoms with E-state index in [0.717, 1.165) is 24.3 Å². The molecule has 0 amide bonds. The molecule has 19 heavy (non-hydrogen) atoms. The van der Waals surface area contributed by atoms with E-state index in [1.54, 1.807) is 12.1 Å². The molecule has 0 aliphatic carbocycles. The number of nitrogens with one attached hydrogen (secondary N) is 1. The molecule has 3 nitrogen and oxygen atoms in total. The minimum absolute atomic E-state index is 0.118. The molecule has 1 aromatic carbocycles. The Balaban J connectivity index is 2.26. The molecule has 1 aromatic rings. The molecule has 1 aliphatic rings. The Morgan fingerprint density at radius 3 is 2.68 bits per heavy atom. The van der Waals surface area contributed by atoms with Gasteiger partial charge in [-0.1, -0.05) is 13.0 Å². The molecular formula is C15H24FN3. The molecule has 106 valence electrons. The number of hydrogen-bond acceptors (Lipinski definition) is 3. The Kier molecular flexibility index (Phi) is 4.42. The lowest BCUT2D eigenvalue weighted by Crippen LogP contribution is -2.34. The van der Waals surface area contributed by atoms with E-state index in [2.05, 4.69) is 36.1 Å². The van der Waals surface area contributed by atoms with Gasteiger partial charge in [0.15, 0.2) is 0 Å². The van der Waals surface area contributed by atoms with Crippen molar-refractivity contribution in [1.82, 2.24) is 10.2 Å². The third-order valence-electron chi connectivity index (χ3n) is 4.02. The number of likely N-dealkylation sites (N-methyl/N-ethyl adjacent to an activating group) is 1. The molecule has 1 fully saturated rings. The Morgan fingerprint density at radius 1 is 1.37 bits per heavy atom. The summed E-state index contributed by atoms with van der Waals surface area (Å²) in [6.07, 6.45) is 0. The van der Waals surface area contributed by atoms with Crippen molar-refractivity contribution in [3.05, 3.63) is 29.6 Å². The first kappa shape index (κ1) is 14.3. The number of hydrogen-bond donors (Lipinski definition) is 1. The number of rotatable bonds is 4. The average Bonchev–Trinajstić information content (AvgIpc) is 2.74. The second-order valence-corrected chi connectivity index (χ2v) is 5.68. The molecule has 1 aliphatic heterocycles.